The number of amides is 2. The number of thioether (sulfide) groups is 1. The van der Waals surface area contributed by atoms with E-state index in [4.69, 9.17) is 0 Å². The monoisotopic (exact) mass is 330 g/mol. The lowest BCUT2D eigenvalue weighted by atomic mass is 10.1. The van der Waals surface area contributed by atoms with Gasteiger partial charge in [-0.05, 0) is 25.0 Å². The van der Waals surface area contributed by atoms with Crippen molar-refractivity contribution in [3.63, 3.8) is 0 Å². The van der Waals surface area contributed by atoms with Gasteiger partial charge in [-0.1, -0.05) is 25.6 Å². The molecule has 0 unspecified atom stereocenters. The number of rotatable bonds is 11. The van der Waals surface area contributed by atoms with E-state index in [0.717, 1.165) is 11.8 Å². The fraction of sp³-hybridized carbons (Fsp3) is 0.733. The van der Waals surface area contributed by atoms with Crippen LogP contribution in [0.5, 0.6) is 0 Å². The van der Waals surface area contributed by atoms with Crippen LogP contribution in [0.2, 0.25) is 0 Å². The molecule has 0 radical (unpaired) electrons. The summed E-state index contributed by atoms with van der Waals surface area (Å²) in [4.78, 5) is 45.4. The van der Waals surface area contributed by atoms with E-state index in [-0.39, 0.29) is 35.8 Å². The second-order valence-corrected chi connectivity index (χ2v) is 6.34. The molecule has 6 nitrogen and oxygen atoms in total. The van der Waals surface area contributed by atoms with Crippen LogP contribution in [0.15, 0.2) is 0 Å². The Bertz CT molecular complexity index is 397. The summed E-state index contributed by atoms with van der Waals surface area (Å²) in [5, 5.41) is 5.03. The second-order valence-electron chi connectivity index (χ2n) is 5.47. The highest BCUT2D eigenvalue weighted by Crippen LogP contribution is 2.01. The molecule has 0 aliphatic rings. The Labute approximate surface area is 136 Å². The first-order chi connectivity index (χ1) is 10.3. The number of ketones is 1. The predicted molar refractivity (Wildman–Crippen MR) is 87.5 cm³/mol. The molecule has 0 spiro atoms. The molecule has 2 amide bonds. The highest BCUT2D eigenvalue weighted by molar-refractivity contribution is 8.13. The van der Waals surface area contributed by atoms with E-state index in [0.29, 0.717) is 38.0 Å². The molecule has 126 valence electrons. The normalized spacial score (nSPS) is 10.4. The maximum absolute atomic E-state index is 11.5. The zero-order valence-electron chi connectivity index (χ0n) is 13.6. The molecule has 0 heterocycles. The number of nitrogens with one attached hydrogen (secondary N) is 2. The van der Waals surface area contributed by atoms with E-state index < -0.39 is 0 Å². The number of carbonyl (C=O) groups is 4. The fourth-order valence-corrected chi connectivity index (χ4v) is 1.93. The Morgan fingerprint density at radius 3 is 1.86 bits per heavy atom. The van der Waals surface area contributed by atoms with E-state index >= 15 is 0 Å². The van der Waals surface area contributed by atoms with Crippen molar-refractivity contribution < 1.29 is 19.2 Å². The molecule has 0 bridgehead atoms. The van der Waals surface area contributed by atoms with Gasteiger partial charge in [0, 0.05) is 19.3 Å². The van der Waals surface area contributed by atoms with E-state index in [1.54, 1.807) is 6.26 Å². The molecular weight excluding hydrogens is 304 g/mol. The smallest absolute Gasteiger partial charge is 0.220 e. The average Bonchev–Trinajstić information content (AvgIpc) is 2.46. The van der Waals surface area contributed by atoms with Crippen LogP contribution >= 0.6 is 11.8 Å². The molecule has 0 saturated carbocycles. The summed E-state index contributed by atoms with van der Waals surface area (Å²) in [6.45, 7) is 4.03. The molecule has 0 fully saturated rings. The Balaban J connectivity index is 3.62. The minimum atomic E-state index is -0.185. The maximum Gasteiger partial charge on any atom is 0.220 e. The lowest BCUT2D eigenvalue weighted by Gasteiger charge is -2.06. The van der Waals surface area contributed by atoms with Crippen molar-refractivity contribution >= 4 is 34.5 Å². The lowest BCUT2D eigenvalue weighted by Crippen LogP contribution is -2.30. The molecule has 0 atom stereocenters. The summed E-state index contributed by atoms with van der Waals surface area (Å²) in [7, 11) is 0. The van der Waals surface area contributed by atoms with Crippen molar-refractivity contribution in [1.29, 1.82) is 0 Å². The summed E-state index contributed by atoms with van der Waals surface area (Å²) in [6.07, 6.45) is 3.88. The van der Waals surface area contributed by atoms with Crippen LogP contribution in [0, 0.1) is 5.92 Å². The van der Waals surface area contributed by atoms with Crippen LogP contribution in [0.1, 0.15) is 46.0 Å². The Hall–Kier alpha value is -1.37. The fourth-order valence-electron chi connectivity index (χ4n) is 1.72. The van der Waals surface area contributed by atoms with Crippen molar-refractivity contribution in [1.82, 2.24) is 10.6 Å². The third-order valence-electron chi connectivity index (χ3n) is 2.83. The molecular formula is C15H26N2O4S. The molecule has 22 heavy (non-hydrogen) atoms. The van der Waals surface area contributed by atoms with Gasteiger partial charge in [-0.15, -0.1) is 0 Å². The number of hydrogen-bond donors (Lipinski definition) is 2. The standard InChI is InChI=1S/C15H26N2O4S/c1-11(2)8-12(18)9-16-13(19)6-4-5-7-14(20)17-10-15(21)22-3/h11H,4-10H2,1-3H3,(H,16,19)(H,17,20). The zero-order valence-corrected chi connectivity index (χ0v) is 14.4. The first-order valence-electron chi connectivity index (χ1n) is 7.47. The first kappa shape index (κ1) is 20.6. The molecule has 0 aromatic carbocycles. The van der Waals surface area contributed by atoms with Crippen LogP contribution in [-0.2, 0) is 19.2 Å². The van der Waals surface area contributed by atoms with E-state index in [1.807, 2.05) is 13.8 Å². The first-order valence-corrected chi connectivity index (χ1v) is 8.69. The second kappa shape index (κ2) is 12.2. The minimum absolute atomic E-state index is 0.0289. The lowest BCUT2D eigenvalue weighted by molar-refractivity contribution is -0.125. The number of hydrogen-bond acceptors (Lipinski definition) is 5. The van der Waals surface area contributed by atoms with Gasteiger partial charge in [0.05, 0.1) is 13.1 Å². The number of unbranched alkanes of at least 4 members (excludes halogenated alkanes) is 1. The predicted octanol–water partition coefficient (Wildman–Crippen LogP) is 1.28. The van der Waals surface area contributed by atoms with Gasteiger partial charge in [0.2, 0.25) is 16.9 Å². The van der Waals surface area contributed by atoms with Crippen molar-refractivity contribution in [2.75, 3.05) is 19.3 Å². The minimum Gasteiger partial charge on any atom is -0.349 e. The highest BCUT2D eigenvalue weighted by atomic mass is 32.2. The van der Waals surface area contributed by atoms with Gasteiger partial charge in [0.15, 0.2) is 5.78 Å². The molecule has 0 aromatic rings. The molecule has 0 aliphatic carbocycles. The van der Waals surface area contributed by atoms with Gasteiger partial charge in [-0.3, -0.25) is 19.2 Å². The molecule has 0 aliphatic heterocycles. The van der Waals surface area contributed by atoms with Gasteiger partial charge in [0.25, 0.3) is 0 Å². The van der Waals surface area contributed by atoms with Crippen molar-refractivity contribution in [3.8, 4) is 0 Å². The summed E-state index contributed by atoms with van der Waals surface area (Å²) < 4.78 is 0. The third-order valence-corrected chi connectivity index (χ3v) is 3.43. The van der Waals surface area contributed by atoms with Gasteiger partial charge in [0.1, 0.15) is 0 Å². The highest BCUT2D eigenvalue weighted by Gasteiger charge is 2.08. The van der Waals surface area contributed by atoms with E-state index in [9.17, 15) is 19.2 Å². The quantitative estimate of drug-likeness (QED) is 0.557. The van der Waals surface area contributed by atoms with Crippen LogP contribution in [-0.4, -0.2) is 42.1 Å². The van der Waals surface area contributed by atoms with Crippen LogP contribution in [0.25, 0.3) is 0 Å². The van der Waals surface area contributed by atoms with Crippen LogP contribution < -0.4 is 10.6 Å². The molecule has 0 rings (SSSR count). The van der Waals surface area contributed by atoms with Gasteiger partial charge in [-0.2, -0.15) is 0 Å². The molecule has 0 aromatic heterocycles. The Morgan fingerprint density at radius 2 is 1.41 bits per heavy atom. The summed E-state index contributed by atoms with van der Waals surface area (Å²) in [6, 6.07) is 0. The Kier molecular flexibility index (Phi) is 11.4. The van der Waals surface area contributed by atoms with Crippen LogP contribution in [0.4, 0.5) is 0 Å². The summed E-state index contributed by atoms with van der Waals surface area (Å²) >= 11 is 1.08. The largest absolute Gasteiger partial charge is 0.349 e. The Morgan fingerprint density at radius 1 is 0.909 bits per heavy atom. The van der Waals surface area contributed by atoms with Crippen molar-refractivity contribution in [2.24, 2.45) is 5.92 Å². The number of carbonyl (C=O) groups excluding carboxylic acids is 4. The zero-order chi connectivity index (χ0) is 17.0. The SMILES string of the molecule is CSC(=O)CNC(=O)CCCCC(=O)NCC(=O)CC(C)C. The number of Topliss-reactive ketones (excluding diaryl/α,β-unsaturated/α-hetero) is 1. The van der Waals surface area contributed by atoms with Crippen LogP contribution in [0.3, 0.4) is 0 Å². The molecule has 2 N–H and O–H groups in total. The van der Waals surface area contributed by atoms with Crippen molar-refractivity contribution in [3.05, 3.63) is 0 Å². The average molecular weight is 330 g/mol. The molecule has 7 heteroatoms. The van der Waals surface area contributed by atoms with E-state index in [2.05, 4.69) is 10.6 Å². The molecule has 0 saturated heterocycles. The third kappa shape index (κ3) is 12.4. The van der Waals surface area contributed by atoms with E-state index in [1.165, 1.54) is 0 Å². The topological polar surface area (TPSA) is 92.3 Å². The summed E-state index contributed by atoms with van der Waals surface area (Å²) in [5.74, 6) is -0.0351. The maximum atomic E-state index is 11.5. The van der Waals surface area contributed by atoms with Crippen molar-refractivity contribution in [2.45, 2.75) is 46.0 Å². The van der Waals surface area contributed by atoms with Gasteiger partial charge >= 0.3 is 0 Å². The van der Waals surface area contributed by atoms with Gasteiger partial charge < -0.3 is 10.6 Å². The van der Waals surface area contributed by atoms with Gasteiger partial charge in [-0.25, -0.2) is 0 Å². The summed E-state index contributed by atoms with van der Waals surface area (Å²) in [5.41, 5.74) is 0.